The van der Waals surface area contributed by atoms with Crippen LogP contribution in [0.5, 0.6) is 0 Å². The number of hydrogen-bond acceptors (Lipinski definition) is 10. The molecule has 0 aromatic heterocycles. The highest BCUT2D eigenvalue weighted by molar-refractivity contribution is 7.43. The molecule has 4 rings (SSSR count). The molecule has 57 heavy (non-hydrogen) atoms. The molecular weight excluding hydrogens is 792 g/mol. The van der Waals surface area contributed by atoms with Crippen molar-refractivity contribution in [1.82, 2.24) is 15.1 Å². The van der Waals surface area contributed by atoms with E-state index in [1.165, 1.54) is 6.08 Å². The maximum Gasteiger partial charge on any atom is 0.780 e. The fourth-order valence-electron chi connectivity index (χ4n) is 7.59. The second-order valence-corrected chi connectivity index (χ2v) is 31.0. The van der Waals surface area contributed by atoms with Crippen LogP contribution in [0.4, 0.5) is 4.79 Å². The number of hydrazine groups is 1. The van der Waals surface area contributed by atoms with E-state index in [1.54, 1.807) is 11.0 Å². The van der Waals surface area contributed by atoms with Gasteiger partial charge in [0.25, 0.3) is 14.4 Å². The Bertz CT molecular complexity index is 1640. The Morgan fingerprint density at radius 1 is 0.930 bits per heavy atom. The van der Waals surface area contributed by atoms with Gasteiger partial charge in [-0.3, -0.25) is 4.79 Å². The Morgan fingerprint density at radius 3 is 1.91 bits per heavy atom. The van der Waals surface area contributed by atoms with Crippen LogP contribution in [0, 0.1) is 18.3 Å². The summed E-state index contributed by atoms with van der Waals surface area (Å²) < 4.78 is 37.1. The van der Waals surface area contributed by atoms with E-state index in [0.717, 1.165) is 17.5 Å². The van der Waals surface area contributed by atoms with Gasteiger partial charge in [0.15, 0.2) is 22.9 Å². The highest BCUT2D eigenvalue weighted by Gasteiger charge is 2.77. The molecule has 0 aliphatic carbocycles. The molecule has 2 aromatic carbocycles. The molecule has 3 amide bonds. The van der Waals surface area contributed by atoms with E-state index in [0.29, 0.717) is 12.8 Å². The fourth-order valence-corrected chi connectivity index (χ4v) is 18.9. The normalized spacial score (nSPS) is 23.1. The summed E-state index contributed by atoms with van der Waals surface area (Å²) in [5.41, 5.74) is 1.69. The number of carbonyl (C=O) groups excluding carboxylic acids is 2. The summed E-state index contributed by atoms with van der Waals surface area (Å²) in [6.45, 7) is 22.6. The second kappa shape index (κ2) is 19.8. The predicted molar refractivity (Wildman–Crippen MR) is 232 cm³/mol. The van der Waals surface area contributed by atoms with Crippen molar-refractivity contribution in [2.45, 2.75) is 136 Å². The van der Waals surface area contributed by atoms with Gasteiger partial charge in [0.05, 0.1) is 18.6 Å². The van der Waals surface area contributed by atoms with Crippen LogP contribution >= 0.6 is 8.53 Å². The number of terminal acetylenes is 1. The number of urea groups is 1. The molecule has 1 saturated heterocycles. The van der Waals surface area contributed by atoms with E-state index in [9.17, 15) is 9.69 Å². The van der Waals surface area contributed by atoms with E-state index >= 15 is 4.79 Å². The first-order chi connectivity index (χ1) is 26.6. The Labute approximate surface area is 346 Å². The number of nitrogens with one attached hydrogen (secondary N) is 1. The molecule has 2 aliphatic heterocycles. The highest BCUT2D eigenvalue weighted by Crippen LogP contribution is 2.49. The Hall–Kier alpha value is -2.40. The number of benzene rings is 2. The molecule has 2 heterocycles. The Balaban J connectivity index is 1.97. The summed E-state index contributed by atoms with van der Waals surface area (Å²) in [4.78, 5) is 40.0. The lowest BCUT2D eigenvalue weighted by molar-refractivity contribution is -0.782. The van der Waals surface area contributed by atoms with Gasteiger partial charge in [-0.25, -0.2) is 15.1 Å². The molecule has 314 valence electrons. The maximum atomic E-state index is 15.1. The van der Waals surface area contributed by atoms with E-state index in [2.05, 4.69) is 50.9 Å². The van der Waals surface area contributed by atoms with Gasteiger partial charge >= 0.3 is 15.0 Å². The largest absolute Gasteiger partial charge is 0.780 e. The topological polar surface area (TPSA) is 119 Å². The summed E-state index contributed by atoms with van der Waals surface area (Å²) in [5, 5.41) is 4.68. The van der Waals surface area contributed by atoms with Crippen LogP contribution in [0.2, 0.25) is 39.3 Å². The standard InChI is InChI=1S/C41H65N4O8PSi3/c1-14-15-22-33(6)29-36-37(50-54(48)43(7)44(31(2)3)32(4)5)30-39(49-36)45(28-27-38(46)42-41(45)47)57(52-55(8,9)10,53-56(11,12)13)51-40(34-23-18-16-19-24-34)35-25-20-17-21-26-35/h1,16-21,23-28,31-33,36-37,39-40,48H,15,22,29-30H2,2-13H3/p+1/t33?,36-,37+,39-,45?,54?/m1/s1. The molecule has 6 atom stereocenters. The molecule has 2 N–H and O–H groups in total. The van der Waals surface area contributed by atoms with Crippen LogP contribution in [0.25, 0.3) is 0 Å². The SMILES string of the molecule is C#CCCC(C)C[C@H]1O[C@@H]([N+]2([Si](OC(c3ccccc3)c3ccccc3)(O[Si](C)(C)C)O[Si](C)(C)C)C=CC(=O)NC2=O)C[C@@H]1OP(O)N(C)N(C(C)C)C(C)C. The molecule has 1 fully saturated rings. The number of quaternary nitrogens is 1. The molecule has 2 aromatic rings. The summed E-state index contributed by atoms with van der Waals surface area (Å²) in [5.74, 6) is 2.32. The van der Waals surface area contributed by atoms with Crippen molar-refractivity contribution in [3.63, 3.8) is 0 Å². The van der Waals surface area contributed by atoms with Gasteiger partial charge in [0, 0.05) is 25.6 Å². The molecule has 3 unspecified atom stereocenters. The molecule has 2 aliphatic rings. The molecule has 0 saturated carbocycles. The molecule has 12 nitrogen and oxygen atoms in total. The minimum absolute atomic E-state index is 0.0971. The zero-order valence-electron chi connectivity index (χ0n) is 36.0. The first-order valence-electron chi connectivity index (χ1n) is 20.0. The number of amides is 3. The lowest BCUT2D eigenvalue weighted by Crippen LogP contribution is -2.82. The predicted octanol–water partition coefficient (Wildman–Crippen LogP) is 8.64. The van der Waals surface area contributed by atoms with Gasteiger partial charge in [-0.1, -0.05) is 67.6 Å². The number of rotatable bonds is 20. The minimum Gasteiger partial charge on any atom is -0.369 e. The highest BCUT2D eigenvalue weighted by atomic mass is 31.2. The van der Waals surface area contributed by atoms with E-state index in [-0.39, 0.29) is 24.4 Å². The quantitative estimate of drug-likeness (QED) is 0.0580. The average Bonchev–Trinajstić information content (AvgIpc) is 3.50. The monoisotopic (exact) mass is 857 g/mol. The van der Waals surface area contributed by atoms with Crippen LogP contribution in [0.1, 0.15) is 77.5 Å². The van der Waals surface area contributed by atoms with Crippen molar-refractivity contribution in [1.29, 1.82) is 0 Å². The fraction of sp³-hybridized carbons (Fsp3) is 0.561. The van der Waals surface area contributed by atoms with Crippen molar-refractivity contribution in [3.05, 3.63) is 84.1 Å². The molecule has 0 radical (unpaired) electrons. The third-order valence-electron chi connectivity index (χ3n) is 9.74. The van der Waals surface area contributed by atoms with E-state index in [4.69, 9.17) is 28.3 Å². The molecule has 0 bridgehead atoms. The zero-order chi connectivity index (χ0) is 42.3. The first-order valence-corrected chi connectivity index (χ1v) is 29.7. The smallest absolute Gasteiger partial charge is 0.369 e. The van der Waals surface area contributed by atoms with Gasteiger partial charge in [0.1, 0.15) is 18.4 Å². The van der Waals surface area contributed by atoms with Gasteiger partial charge < -0.3 is 26.8 Å². The van der Waals surface area contributed by atoms with Crippen molar-refractivity contribution in [3.8, 4) is 12.3 Å². The summed E-state index contributed by atoms with van der Waals surface area (Å²) in [7, 11) is -10.2. The second-order valence-electron chi connectivity index (χ2n) is 17.6. The van der Waals surface area contributed by atoms with Gasteiger partial charge in [0.2, 0.25) is 0 Å². The van der Waals surface area contributed by atoms with Gasteiger partial charge in [-0.05, 0) is 96.9 Å². The number of hydrogen-bond donors (Lipinski definition) is 2. The van der Waals surface area contributed by atoms with Crippen molar-refractivity contribution in [2.24, 2.45) is 5.92 Å². The summed E-state index contributed by atoms with van der Waals surface area (Å²) >= 11 is 0. The minimum atomic E-state index is -4.50. The van der Waals surface area contributed by atoms with Crippen molar-refractivity contribution < 1.29 is 40.5 Å². The van der Waals surface area contributed by atoms with Crippen molar-refractivity contribution in [2.75, 3.05) is 7.05 Å². The Kier molecular flexibility index (Phi) is 16.4. The third-order valence-corrected chi connectivity index (χ3v) is 19.9. The average molecular weight is 858 g/mol. The van der Waals surface area contributed by atoms with Gasteiger partial charge in [-0.15, -0.1) is 12.3 Å². The van der Waals surface area contributed by atoms with Crippen LogP contribution < -0.4 is 5.32 Å². The van der Waals surface area contributed by atoms with E-state index in [1.807, 2.05) is 107 Å². The molecule has 0 spiro atoms. The zero-order valence-corrected chi connectivity index (χ0v) is 39.9. The van der Waals surface area contributed by atoms with Crippen LogP contribution in [0.3, 0.4) is 0 Å². The van der Waals surface area contributed by atoms with Crippen molar-refractivity contribution >= 4 is 46.1 Å². The number of ether oxygens (including phenoxy) is 1. The molecule has 16 heteroatoms. The number of imide groups is 1. The van der Waals surface area contributed by atoms with Crippen LogP contribution in [-0.2, 0) is 26.7 Å². The van der Waals surface area contributed by atoms with E-state index < -0.39 is 74.8 Å². The van der Waals surface area contributed by atoms with Crippen LogP contribution in [-0.4, -0.2) is 93.9 Å². The lowest BCUT2D eigenvalue weighted by Gasteiger charge is -2.50. The number of carbonyl (C=O) groups is 2. The first kappa shape index (κ1) is 47.3. The summed E-state index contributed by atoms with van der Waals surface area (Å²) in [6.07, 6.45) is 7.75. The van der Waals surface area contributed by atoms with Gasteiger partial charge in [-0.2, -0.15) is 8.93 Å². The number of nitrogens with zero attached hydrogens (tertiary/aromatic N) is 3. The molecular formula is C41H66N4O8PSi3+. The Morgan fingerprint density at radius 2 is 1.46 bits per heavy atom. The third kappa shape index (κ3) is 11.9. The van der Waals surface area contributed by atoms with Crippen LogP contribution in [0.15, 0.2) is 72.9 Å². The summed E-state index contributed by atoms with van der Waals surface area (Å²) in [6, 6.07) is 19.2. The maximum absolute atomic E-state index is 15.1. The lowest BCUT2D eigenvalue weighted by atomic mass is 9.96.